The Morgan fingerprint density at radius 2 is 2.12 bits per heavy atom. The van der Waals surface area contributed by atoms with E-state index in [4.69, 9.17) is 0 Å². The van der Waals surface area contributed by atoms with Crippen molar-refractivity contribution >= 4 is 5.91 Å². The molecule has 4 nitrogen and oxygen atoms in total. The third-order valence-electron chi connectivity index (χ3n) is 3.61. The van der Waals surface area contributed by atoms with Gasteiger partial charge in [0.15, 0.2) is 0 Å². The average molecular weight is 333 g/mol. The SMILES string of the molecule is O=C(NCC#Cc1cccc(C(F)(F)F)c1)c1cc(C2CC2)[nH]n1. The summed E-state index contributed by atoms with van der Waals surface area (Å²) in [5, 5.41) is 9.34. The topological polar surface area (TPSA) is 57.8 Å². The fourth-order valence-corrected chi connectivity index (χ4v) is 2.19. The quantitative estimate of drug-likeness (QED) is 0.848. The number of aromatic amines is 1. The van der Waals surface area contributed by atoms with Gasteiger partial charge in [0, 0.05) is 17.2 Å². The molecule has 124 valence electrons. The van der Waals surface area contributed by atoms with Gasteiger partial charge in [0.1, 0.15) is 5.69 Å². The number of nitrogens with one attached hydrogen (secondary N) is 2. The lowest BCUT2D eigenvalue weighted by atomic mass is 10.1. The van der Waals surface area contributed by atoms with Crippen molar-refractivity contribution in [2.45, 2.75) is 24.9 Å². The van der Waals surface area contributed by atoms with E-state index in [1.54, 1.807) is 6.07 Å². The number of benzene rings is 1. The summed E-state index contributed by atoms with van der Waals surface area (Å²) in [4.78, 5) is 11.9. The number of hydrogen-bond acceptors (Lipinski definition) is 2. The van der Waals surface area contributed by atoms with Crippen molar-refractivity contribution in [3.63, 3.8) is 0 Å². The van der Waals surface area contributed by atoms with E-state index in [0.717, 1.165) is 30.7 Å². The molecule has 2 N–H and O–H groups in total. The maximum absolute atomic E-state index is 12.6. The predicted octanol–water partition coefficient (Wildman–Crippen LogP) is 3.09. The molecule has 0 spiro atoms. The third kappa shape index (κ3) is 3.96. The molecular formula is C17H14F3N3O. The van der Waals surface area contributed by atoms with Crippen LogP contribution in [0.2, 0.25) is 0 Å². The molecule has 24 heavy (non-hydrogen) atoms. The summed E-state index contributed by atoms with van der Waals surface area (Å²) in [5.74, 6) is 5.35. The Bertz CT molecular complexity index is 810. The van der Waals surface area contributed by atoms with Gasteiger partial charge in [-0.3, -0.25) is 9.89 Å². The Labute approximate surface area is 136 Å². The number of amides is 1. The van der Waals surface area contributed by atoms with E-state index in [9.17, 15) is 18.0 Å². The lowest BCUT2D eigenvalue weighted by Crippen LogP contribution is -2.23. The summed E-state index contributed by atoms with van der Waals surface area (Å²) in [7, 11) is 0. The van der Waals surface area contributed by atoms with E-state index in [1.165, 1.54) is 12.1 Å². The third-order valence-corrected chi connectivity index (χ3v) is 3.61. The molecule has 2 aromatic rings. The van der Waals surface area contributed by atoms with Crippen LogP contribution in [0.25, 0.3) is 0 Å². The van der Waals surface area contributed by atoms with Gasteiger partial charge in [-0.15, -0.1) is 0 Å². The molecule has 1 aliphatic rings. The van der Waals surface area contributed by atoms with Gasteiger partial charge in [-0.25, -0.2) is 0 Å². The predicted molar refractivity (Wildman–Crippen MR) is 81.2 cm³/mol. The minimum absolute atomic E-state index is 0.0285. The van der Waals surface area contributed by atoms with Crippen LogP contribution in [0.1, 0.15) is 46.1 Å². The van der Waals surface area contributed by atoms with Crippen LogP contribution in [-0.2, 0) is 6.18 Å². The van der Waals surface area contributed by atoms with Crippen molar-refractivity contribution in [1.29, 1.82) is 0 Å². The summed E-state index contributed by atoms with van der Waals surface area (Å²) in [6, 6.07) is 6.47. The van der Waals surface area contributed by atoms with E-state index in [-0.39, 0.29) is 23.7 Å². The standard InChI is InChI=1S/C17H14F3N3O/c18-17(19,20)13-5-1-3-11(9-13)4-2-8-21-16(24)15-10-14(22-23-15)12-6-7-12/h1,3,5,9-10,12H,6-8H2,(H,21,24)(H,22,23). The van der Waals surface area contributed by atoms with E-state index in [1.807, 2.05) is 0 Å². The zero-order valence-electron chi connectivity index (χ0n) is 12.6. The molecular weight excluding hydrogens is 319 g/mol. The highest BCUT2D eigenvalue weighted by Gasteiger charge is 2.30. The highest BCUT2D eigenvalue weighted by atomic mass is 19.4. The van der Waals surface area contributed by atoms with Crippen LogP contribution in [0.4, 0.5) is 13.2 Å². The summed E-state index contributed by atoms with van der Waals surface area (Å²) < 4.78 is 37.8. The van der Waals surface area contributed by atoms with Gasteiger partial charge in [0.2, 0.25) is 0 Å². The average Bonchev–Trinajstić information content (AvgIpc) is 3.28. The van der Waals surface area contributed by atoms with Gasteiger partial charge in [0.25, 0.3) is 5.91 Å². The van der Waals surface area contributed by atoms with Crippen LogP contribution in [-0.4, -0.2) is 22.6 Å². The Kier molecular flexibility index (Phi) is 4.30. The van der Waals surface area contributed by atoms with Crippen molar-refractivity contribution in [2.75, 3.05) is 6.54 Å². The molecule has 0 saturated heterocycles. The van der Waals surface area contributed by atoms with Gasteiger partial charge in [-0.1, -0.05) is 17.9 Å². The molecule has 1 fully saturated rings. The normalized spacial score (nSPS) is 14.0. The second kappa shape index (κ2) is 6.40. The molecule has 1 saturated carbocycles. The Hall–Kier alpha value is -2.75. The molecule has 1 aromatic carbocycles. The lowest BCUT2D eigenvalue weighted by Gasteiger charge is -2.05. The first kappa shape index (κ1) is 16.1. The molecule has 0 atom stereocenters. The number of H-pyrrole nitrogens is 1. The van der Waals surface area contributed by atoms with Crippen LogP contribution >= 0.6 is 0 Å². The largest absolute Gasteiger partial charge is 0.416 e. The maximum atomic E-state index is 12.6. The van der Waals surface area contributed by atoms with Crippen LogP contribution < -0.4 is 5.32 Å². The van der Waals surface area contributed by atoms with Gasteiger partial charge < -0.3 is 5.32 Å². The van der Waals surface area contributed by atoms with E-state index < -0.39 is 11.7 Å². The number of nitrogens with zero attached hydrogens (tertiary/aromatic N) is 1. The van der Waals surface area contributed by atoms with E-state index in [0.29, 0.717) is 5.92 Å². The molecule has 1 aliphatic carbocycles. The monoisotopic (exact) mass is 333 g/mol. The molecule has 1 amide bonds. The molecule has 0 bridgehead atoms. The number of halogens is 3. The second-order valence-corrected chi connectivity index (χ2v) is 5.55. The maximum Gasteiger partial charge on any atom is 0.416 e. The molecule has 0 aliphatic heterocycles. The van der Waals surface area contributed by atoms with Crippen LogP contribution in [0, 0.1) is 11.8 Å². The van der Waals surface area contributed by atoms with Gasteiger partial charge in [-0.05, 0) is 37.1 Å². The molecule has 0 radical (unpaired) electrons. The Morgan fingerprint density at radius 1 is 1.33 bits per heavy atom. The first-order valence-electron chi connectivity index (χ1n) is 7.43. The van der Waals surface area contributed by atoms with Crippen molar-refractivity contribution in [1.82, 2.24) is 15.5 Å². The Morgan fingerprint density at radius 3 is 2.83 bits per heavy atom. The minimum atomic E-state index is -4.40. The highest BCUT2D eigenvalue weighted by molar-refractivity contribution is 5.92. The van der Waals surface area contributed by atoms with Crippen LogP contribution in [0.15, 0.2) is 30.3 Å². The molecule has 1 heterocycles. The zero-order valence-corrected chi connectivity index (χ0v) is 12.6. The first-order valence-corrected chi connectivity index (χ1v) is 7.43. The van der Waals surface area contributed by atoms with Gasteiger partial charge in [0.05, 0.1) is 12.1 Å². The van der Waals surface area contributed by atoms with Crippen molar-refractivity contribution in [3.8, 4) is 11.8 Å². The number of carbonyl (C=O) groups is 1. The van der Waals surface area contributed by atoms with Crippen LogP contribution in [0.5, 0.6) is 0 Å². The lowest BCUT2D eigenvalue weighted by molar-refractivity contribution is -0.137. The summed E-state index contributed by atoms with van der Waals surface area (Å²) in [5.41, 5.74) is 0.741. The molecule has 3 rings (SSSR count). The minimum Gasteiger partial charge on any atom is -0.340 e. The number of carbonyl (C=O) groups excluding carboxylic acids is 1. The fraction of sp³-hybridized carbons (Fsp3) is 0.294. The number of rotatable bonds is 3. The van der Waals surface area contributed by atoms with Gasteiger partial charge >= 0.3 is 6.18 Å². The van der Waals surface area contributed by atoms with Crippen LogP contribution in [0.3, 0.4) is 0 Å². The second-order valence-electron chi connectivity index (χ2n) is 5.55. The molecule has 0 unspecified atom stereocenters. The van der Waals surface area contributed by atoms with E-state index in [2.05, 4.69) is 27.4 Å². The fourth-order valence-electron chi connectivity index (χ4n) is 2.19. The number of aromatic nitrogens is 2. The summed E-state index contributed by atoms with van der Waals surface area (Å²) in [6.07, 6.45) is -2.19. The summed E-state index contributed by atoms with van der Waals surface area (Å²) >= 11 is 0. The molecule has 7 heteroatoms. The number of hydrogen-bond donors (Lipinski definition) is 2. The first-order chi connectivity index (χ1) is 11.4. The smallest absolute Gasteiger partial charge is 0.340 e. The molecule has 1 aromatic heterocycles. The van der Waals surface area contributed by atoms with E-state index >= 15 is 0 Å². The summed E-state index contributed by atoms with van der Waals surface area (Å²) in [6.45, 7) is 0.0285. The Balaban J connectivity index is 1.56. The van der Waals surface area contributed by atoms with Crippen molar-refractivity contribution in [3.05, 3.63) is 52.8 Å². The van der Waals surface area contributed by atoms with Gasteiger partial charge in [-0.2, -0.15) is 18.3 Å². The number of alkyl halides is 3. The highest BCUT2D eigenvalue weighted by Crippen LogP contribution is 2.38. The zero-order chi connectivity index (χ0) is 17.2. The van der Waals surface area contributed by atoms with Crippen molar-refractivity contribution in [2.24, 2.45) is 0 Å². The van der Waals surface area contributed by atoms with Crippen molar-refractivity contribution < 1.29 is 18.0 Å².